The Morgan fingerprint density at radius 1 is 0.870 bits per heavy atom. The third-order valence-corrected chi connectivity index (χ3v) is 3.69. The number of carbonyl (C=O) groups is 2. The van der Waals surface area contributed by atoms with Crippen LogP contribution < -0.4 is 5.32 Å². The second-order valence-electron chi connectivity index (χ2n) is 5.75. The monoisotopic (exact) mass is 325 g/mol. The van der Waals surface area contributed by atoms with Crippen LogP contribution in [0.5, 0.6) is 0 Å². The molecule has 23 heavy (non-hydrogen) atoms. The molecule has 0 aromatic carbocycles. The van der Waals surface area contributed by atoms with E-state index < -0.39 is 5.91 Å². The normalized spacial score (nSPS) is 11.0. The van der Waals surface area contributed by atoms with Crippen LogP contribution in [0, 0.1) is 0 Å². The van der Waals surface area contributed by atoms with Gasteiger partial charge >= 0.3 is 0 Å². The van der Waals surface area contributed by atoms with Crippen molar-refractivity contribution in [1.29, 1.82) is 0 Å². The molecule has 0 aliphatic carbocycles. The van der Waals surface area contributed by atoms with Crippen LogP contribution in [0.4, 0.5) is 0 Å². The maximum atomic E-state index is 11.2. The van der Waals surface area contributed by atoms with Gasteiger partial charge in [-0.25, -0.2) is 0 Å². The molecule has 0 atom stereocenters. The van der Waals surface area contributed by atoms with Crippen LogP contribution in [-0.4, -0.2) is 31.4 Å². The molecule has 0 aromatic heterocycles. The third-order valence-electron chi connectivity index (χ3n) is 3.69. The fourth-order valence-electron chi connectivity index (χ4n) is 2.22. The molecule has 0 aliphatic rings. The molecule has 4 heteroatoms. The van der Waals surface area contributed by atoms with Crippen LogP contribution in [0.15, 0.2) is 12.2 Å². The fraction of sp³-hybridized carbons (Fsp3) is 0.789. The third kappa shape index (κ3) is 15.5. The van der Waals surface area contributed by atoms with E-state index in [1.165, 1.54) is 32.1 Å². The number of allylic oxidation sites excluding steroid dienone is 2. The lowest BCUT2D eigenvalue weighted by Crippen LogP contribution is -2.31. The lowest BCUT2D eigenvalue weighted by atomic mass is 10.1. The molecule has 1 N–H and O–H groups in total. The van der Waals surface area contributed by atoms with Gasteiger partial charge in [0.25, 0.3) is 5.91 Å². The number of unbranched alkanes of at least 4 members (excludes halogenated alkanes) is 7. The molecule has 0 spiro atoms. The second-order valence-corrected chi connectivity index (χ2v) is 5.75. The summed E-state index contributed by atoms with van der Waals surface area (Å²) in [4.78, 5) is 22.3. The van der Waals surface area contributed by atoms with E-state index in [0.29, 0.717) is 6.54 Å². The zero-order chi connectivity index (χ0) is 17.2. The Morgan fingerprint density at radius 3 is 2.13 bits per heavy atom. The Balaban J connectivity index is 3.23. The number of ether oxygens (including phenoxy) is 1. The second kappa shape index (κ2) is 17.2. The van der Waals surface area contributed by atoms with Gasteiger partial charge in [-0.1, -0.05) is 38.3 Å². The number of rotatable bonds is 16. The summed E-state index contributed by atoms with van der Waals surface area (Å²) in [6.07, 6.45) is 15.3. The maximum absolute atomic E-state index is 11.2. The summed E-state index contributed by atoms with van der Waals surface area (Å²) < 4.78 is 5.31. The summed E-state index contributed by atoms with van der Waals surface area (Å²) >= 11 is 0. The maximum Gasteiger partial charge on any atom is 0.287 e. The number of nitrogens with one attached hydrogen (secondary N) is 1. The van der Waals surface area contributed by atoms with E-state index >= 15 is 0 Å². The van der Waals surface area contributed by atoms with Gasteiger partial charge in [0.2, 0.25) is 5.78 Å². The molecule has 4 nitrogen and oxygen atoms in total. The van der Waals surface area contributed by atoms with E-state index in [1.807, 2.05) is 6.92 Å². The molecule has 134 valence electrons. The van der Waals surface area contributed by atoms with E-state index in [0.717, 1.165) is 38.9 Å². The summed E-state index contributed by atoms with van der Waals surface area (Å²) in [6, 6.07) is 0. The van der Waals surface area contributed by atoms with Crippen LogP contribution in [0.25, 0.3) is 0 Å². The number of hydrogen-bond donors (Lipinski definition) is 1. The van der Waals surface area contributed by atoms with Crippen molar-refractivity contribution in [3.8, 4) is 0 Å². The van der Waals surface area contributed by atoms with Crippen molar-refractivity contribution in [2.75, 3.05) is 19.8 Å². The van der Waals surface area contributed by atoms with E-state index in [-0.39, 0.29) is 12.2 Å². The van der Waals surface area contributed by atoms with Crippen molar-refractivity contribution < 1.29 is 14.3 Å². The van der Waals surface area contributed by atoms with Gasteiger partial charge in [0.05, 0.1) is 0 Å². The molecule has 0 aromatic rings. The first kappa shape index (κ1) is 21.8. The minimum Gasteiger partial charge on any atom is -0.382 e. The fourth-order valence-corrected chi connectivity index (χ4v) is 2.22. The number of carbonyl (C=O) groups excluding carboxylic acids is 2. The Bertz CT molecular complexity index is 327. The molecule has 0 aliphatic heterocycles. The average molecular weight is 325 g/mol. The average Bonchev–Trinajstić information content (AvgIpc) is 2.57. The first-order valence-corrected chi connectivity index (χ1v) is 9.26. The first-order chi connectivity index (χ1) is 11.2. The molecule has 0 rings (SSSR count). The Morgan fingerprint density at radius 2 is 1.48 bits per heavy atom. The van der Waals surface area contributed by atoms with Gasteiger partial charge in [-0.2, -0.15) is 0 Å². The van der Waals surface area contributed by atoms with Crippen LogP contribution in [-0.2, 0) is 14.3 Å². The smallest absolute Gasteiger partial charge is 0.287 e. The zero-order valence-electron chi connectivity index (χ0n) is 15.1. The molecule has 0 saturated heterocycles. The lowest BCUT2D eigenvalue weighted by molar-refractivity contribution is -0.137. The van der Waals surface area contributed by atoms with Crippen molar-refractivity contribution >= 4 is 11.7 Å². The van der Waals surface area contributed by atoms with Gasteiger partial charge in [-0.15, -0.1) is 0 Å². The van der Waals surface area contributed by atoms with Crippen LogP contribution in [0.1, 0.15) is 78.1 Å². The minimum atomic E-state index is -0.440. The Kier molecular flexibility index (Phi) is 16.3. The topological polar surface area (TPSA) is 55.4 Å². The van der Waals surface area contributed by atoms with Gasteiger partial charge < -0.3 is 10.1 Å². The Labute approximate surface area is 142 Å². The van der Waals surface area contributed by atoms with Gasteiger partial charge in [0.15, 0.2) is 0 Å². The van der Waals surface area contributed by atoms with Crippen LogP contribution in [0.2, 0.25) is 0 Å². The summed E-state index contributed by atoms with van der Waals surface area (Å²) in [5.41, 5.74) is 0. The largest absolute Gasteiger partial charge is 0.382 e. The number of ketones is 1. The van der Waals surface area contributed by atoms with Crippen molar-refractivity contribution in [3.05, 3.63) is 12.2 Å². The first-order valence-electron chi connectivity index (χ1n) is 9.26. The van der Waals surface area contributed by atoms with E-state index in [9.17, 15) is 9.59 Å². The van der Waals surface area contributed by atoms with E-state index in [4.69, 9.17) is 4.74 Å². The number of Topliss-reactive ketones (excluding diaryl/α,β-unsaturated/α-hetero) is 1. The van der Waals surface area contributed by atoms with Gasteiger partial charge in [0, 0.05) is 26.2 Å². The van der Waals surface area contributed by atoms with Crippen LogP contribution >= 0.6 is 0 Å². The van der Waals surface area contributed by atoms with Gasteiger partial charge in [-0.05, 0) is 45.4 Å². The SMILES string of the molecule is CCOCCCCCCC/C=C\CCCCNC(=O)C(=O)CC. The van der Waals surface area contributed by atoms with Crippen molar-refractivity contribution in [2.45, 2.75) is 78.1 Å². The summed E-state index contributed by atoms with van der Waals surface area (Å²) in [5.74, 6) is -0.771. The predicted molar refractivity (Wildman–Crippen MR) is 95.5 cm³/mol. The predicted octanol–water partition coefficient (Wildman–Crippen LogP) is 4.19. The van der Waals surface area contributed by atoms with E-state index in [1.54, 1.807) is 6.92 Å². The van der Waals surface area contributed by atoms with Crippen molar-refractivity contribution in [1.82, 2.24) is 5.32 Å². The molecular formula is C19H35NO3. The highest BCUT2D eigenvalue weighted by Crippen LogP contribution is 2.06. The highest BCUT2D eigenvalue weighted by atomic mass is 16.5. The standard InChI is InChI=1S/C19H35NO3/c1-3-18(21)19(22)20-16-14-12-10-8-6-5-7-9-11-13-15-17-23-4-2/h6,8H,3-5,7,9-17H2,1-2H3,(H,20,22)/b8-6-. The molecular weight excluding hydrogens is 290 g/mol. The van der Waals surface area contributed by atoms with Crippen molar-refractivity contribution in [2.24, 2.45) is 0 Å². The summed E-state index contributed by atoms with van der Waals surface area (Å²) in [7, 11) is 0. The zero-order valence-corrected chi connectivity index (χ0v) is 15.1. The van der Waals surface area contributed by atoms with Gasteiger partial charge in [-0.3, -0.25) is 9.59 Å². The number of hydrogen-bond acceptors (Lipinski definition) is 3. The van der Waals surface area contributed by atoms with E-state index in [2.05, 4.69) is 17.5 Å². The molecule has 0 bridgehead atoms. The highest BCUT2D eigenvalue weighted by Gasteiger charge is 2.08. The van der Waals surface area contributed by atoms with Crippen molar-refractivity contribution in [3.63, 3.8) is 0 Å². The minimum absolute atomic E-state index is 0.279. The molecule has 0 fully saturated rings. The highest BCUT2D eigenvalue weighted by molar-refractivity contribution is 6.36. The Hall–Kier alpha value is -1.16. The molecule has 1 amide bonds. The lowest BCUT2D eigenvalue weighted by Gasteiger charge is -2.02. The number of amides is 1. The molecule has 0 radical (unpaired) electrons. The van der Waals surface area contributed by atoms with Crippen LogP contribution in [0.3, 0.4) is 0 Å². The molecule has 0 heterocycles. The van der Waals surface area contributed by atoms with Gasteiger partial charge in [0.1, 0.15) is 0 Å². The summed E-state index contributed by atoms with van der Waals surface area (Å²) in [6.45, 7) is 6.07. The molecule has 0 saturated carbocycles. The summed E-state index contributed by atoms with van der Waals surface area (Å²) in [5, 5.41) is 2.66. The quantitative estimate of drug-likeness (QED) is 0.263. The molecule has 0 unspecified atom stereocenters.